The van der Waals surface area contributed by atoms with Crippen LogP contribution in [0.25, 0.3) is 0 Å². The number of aliphatic hydroxyl groups is 1. The minimum Gasteiger partial charge on any atom is -0.393 e. The second-order valence-electron chi connectivity index (χ2n) is 5.58. The fraction of sp³-hybridized carbons (Fsp3) is 0.643. The number of aliphatic hydroxyl groups excluding tert-OH is 1. The molecule has 1 fully saturated rings. The Morgan fingerprint density at radius 1 is 1.45 bits per heavy atom. The molecule has 0 saturated carbocycles. The van der Waals surface area contributed by atoms with Gasteiger partial charge in [-0.25, -0.2) is 12.7 Å². The van der Waals surface area contributed by atoms with Crippen molar-refractivity contribution < 1.29 is 13.5 Å². The highest BCUT2D eigenvalue weighted by Crippen LogP contribution is 2.23. The first-order valence-electron chi connectivity index (χ1n) is 6.97. The number of aromatic nitrogens is 1. The number of hydrogen-bond donors (Lipinski definition) is 1. The molecule has 20 heavy (non-hydrogen) atoms. The lowest BCUT2D eigenvalue weighted by molar-refractivity contribution is 0.122. The minimum absolute atomic E-state index is 0.246. The number of hydrogen-bond acceptors (Lipinski definition) is 4. The van der Waals surface area contributed by atoms with Crippen molar-refractivity contribution in [3.8, 4) is 0 Å². The van der Waals surface area contributed by atoms with Gasteiger partial charge in [-0.1, -0.05) is 0 Å². The Morgan fingerprint density at radius 3 is 2.80 bits per heavy atom. The molecule has 0 bridgehead atoms. The smallest absolute Gasteiger partial charge is 0.211 e. The largest absolute Gasteiger partial charge is 0.393 e. The summed E-state index contributed by atoms with van der Waals surface area (Å²) < 4.78 is 24.7. The highest BCUT2D eigenvalue weighted by molar-refractivity contribution is 7.88. The van der Waals surface area contributed by atoms with E-state index in [1.165, 1.54) is 10.6 Å². The number of sulfonamides is 1. The molecule has 2 unspecified atom stereocenters. The maximum atomic E-state index is 11.6. The topological polar surface area (TPSA) is 70.5 Å². The average molecular weight is 298 g/mol. The van der Waals surface area contributed by atoms with E-state index in [1.54, 1.807) is 12.4 Å². The number of nitrogens with zero attached hydrogens (tertiary/aromatic N) is 2. The number of piperidine rings is 1. The summed E-state index contributed by atoms with van der Waals surface area (Å²) in [7, 11) is -3.11. The van der Waals surface area contributed by atoms with Gasteiger partial charge in [-0.2, -0.15) is 0 Å². The Morgan fingerprint density at radius 2 is 2.15 bits per heavy atom. The summed E-state index contributed by atoms with van der Waals surface area (Å²) in [6.07, 6.45) is 7.36. The van der Waals surface area contributed by atoms with Gasteiger partial charge in [0.2, 0.25) is 10.0 Å². The van der Waals surface area contributed by atoms with E-state index >= 15 is 0 Å². The van der Waals surface area contributed by atoms with Crippen LogP contribution in [0.5, 0.6) is 0 Å². The van der Waals surface area contributed by atoms with Crippen molar-refractivity contribution in [1.82, 2.24) is 9.29 Å². The maximum absolute atomic E-state index is 11.6. The summed E-state index contributed by atoms with van der Waals surface area (Å²) in [6, 6.07) is 3.79. The van der Waals surface area contributed by atoms with Gasteiger partial charge in [0.25, 0.3) is 0 Å². The standard InChI is InChI=1S/C14H22N2O3S/c1-20(18,19)16-8-2-3-13(11-16)10-14(17)9-12-4-6-15-7-5-12/h4-7,13-14,17H,2-3,8-11H2,1H3. The Bertz CT molecular complexity index is 518. The molecule has 0 aliphatic carbocycles. The molecule has 0 spiro atoms. The molecule has 1 saturated heterocycles. The predicted molar refractivity (Wildman–Crippen MR) is 77.7 cm³/mol. The van der Waals surface area contributed by atoms with Crippen LogP contribution < -0.4 is 0 Å². The van der Waals surface area contributed by atoms with Gasteiger partial charge in [0.15, 0.2) is 0 Å². The zero-order valence-electron chi connectivity index (χ0n) is 11.8. The molecule has 5 nitrogen and oxygen atoms in total. The number of rotatable bonds is 5. The molecule has 6 heteroatoms. The van der Waals surface area contributed by atoms with Crippen molar-refractivity contribution in [2.75, 3.05) is 19.3 Å². The molecule has 1 N–H and O–H groups in total. The predicted octanol–water partition coefficient (Wildman–Crippen LogP) is 1.05. The van der Waals surface area contributed by atoms with Crippen LogP contribution >= 0.6 is 0 Å². The summed E-state index contributed by atoms with van der Waals surface area (Å²) in [4.78, 5) is 3.95. The molecule has 1 aliphatic heterocycles. The lowest BCUT2D eigenvalue weighted by atomic mass is 9.91. The van der Waals surface area contributed by atoms with E-state index in [-0.39, 0.29) is 5.92 Å². The molecule has 0 amide bonds. The summed E-state index contributed by atoms with van der Waals surface area (Å²) >= 11 is 0. The molecule has 2 atom stereocenters. The van der Waals surface area contributed by atoms with Gasteiger partial charge in [0, 0.05) is 25.5 Å². The van der Waals surface area contributed by atoms with E-state index in [0.29, 0.717) is 25.9 Å². The Labute approximate surface area is 120 Å². The Kier molecular flexibility index (Phi) is 5.12. The van der Waals surface area contributed by atoms with Crippen LogP contribution in [0.3, 0.4) is 0 Å². The third-order valence-electron chi connectivity index (χ3n) is 3.78. The van der Waals surface area contributed by atoms with Gasteiger partial charge < -0.3 is 5.11 Å². The average Bonchev–Trinajstić information content (AvgIpc) is 2.39. The van der Waals surface area contributed by atoms with Gasteiger partial charge in [0.05, 0.1) is 12.4 Å². The first kappa shape index (κ1) is 15.4. The van der Waals surface area contributed by atoms with Crippen molar-refractivity contribution in [3.05, 3.63) is 30.1 Å². The zero-order chi connectivity index (χ0) is 14.6. The maximum Gasteiger partial charge on any atom is 0.211 e. The van der Waals surface area contributed by atoms with E-state index < -0.39 is 16.1 Å². The first-order chi connectivity index (χ1) is 9.45. The van der Waals surface area contributed by atoms with Gasteiger partial charge >= 0.3 is 0 Å². The van der Waals surface area contributed by atoms with E-state index in [9.17, 15) is 13.5 Å². The van der Waals surface area contributed by atoms with Crippen LogP contribution in [-0.2, 0) is 16.4 Å². The summed E-state index contributed by atoms with van der Waals surface area (Å²) in [6.45, 7) is 1.14. The Hall–Kier alpha value is -0.980. The second-order valence-corrected chi connectivity index (χ2v) is 7.56. The SMILES string of the molecule is CS(=O)(=O)N1CCCC(CC(O)Cc2ccncc2)C1. The minimum atomic E-state index is -3.11. The molecule has 1 aliphatic rings. The van der Waals surface area contributed by atoms with Gasteiger partial charge in [-0.3, -0.25) is 4.98 Å². The van der Waals surface area contributed by atoms with Crippen LogP contribution in [0.1, 0.15) is 24.8 Å². The molecular formula is C14H22N2O3S. The molecule has 2 rings (SSSR count). The van der Waals surface area contributed by atoms with Crippen molar-refractivity contribution in [1.29, 1.82) is 0 Å². The monoisotopic (exact) mass is 298 g/mol. The fourth-order valence-corrected chi connectivity index (χ4v) is 3.72. The summed E-state index contributed by atoms with van der Waals surface area (Å²) in [5.41, 5.74) is 1.06. The molecule has 0 radical (unpaired) electrons. The normalized spacial score (nSPS) is 22.6. The van der Waals surface area contributed by atoms with Gasteiger partial charge in [-0.15, -0.1) is 0 Å². The van der Waals surface area contributed by atoms with Crippen LogP contribution in [0, 0.1) is 5.92 Å². The van der Waals surface area contributed by atoms with Crippen LogP contribution in [0.15, 0.2) is 24.5 Å². The van der Waals surface area contributed by atoms with Crippen molar-refractivity contribution in [3.63, 3.8) is 0 Å². The quantitative estimate of drug-likeness (QED) is 0.882. The highest BCUT2D eigenvalue weighted by atomic mass is 32.2. The van der Waals surface area contributed by atoms with Crippen molar-refractivity contribution >= 4 is 10.0 Å². The van der Waals surface area contributed by atoms with Gasteiger partial charge in [-0.05, 0) is 49.3 Å². The lowest BCUT2D eigenvalue weighted by Crippen LogP contribution is -2.40. The highest BCUT2D eigenvalue weighted by Gasteiger charge is 2.27. The van der Waals surface area contributed by atoms with E-state index in [1.807, 2.05) is 12.1 Å². The van der Waals surface area contributed by atoms with Gasteiger partial charge in [0.1, 0.15) is 0 Å². The van der Waals surface area contributed by atoms with Crippen molar-refractivity contribution in [2.24, 2.45) is 5.92 Å². The van der Waals surface area contributed by atoms with E-state index in [2.05, 4.69) is 4.98 Å². The molecule has 2 heterocycles. The first-order valence-corrected chi connectivity index (χ1v) is 8.82. The lowest BCUT2D eigenvalue weighted by Gasteiger charge is -2.32. The molecule has 1 aromatic rings. The van der Waals surface area contributed by atoms with E-state index in [0.717, 1.165) is 18.4 Å². The third-order valence-corrected chi connectivity index (χ3v) is 5.05. The zero-order valence-corrected chi connectivity index (χ0v) is 12.6. The van der Waals surface area contributed by atoms with Crippen LogP contribution in [-0.4, -0.2) is 48.3 Å². The number of pyridine rings is 1. The molecular weight excluding hydrogens is 276 g/mol. The molecule has 1 aromatic heterocycles. The molecule has 112 valence electrons. The van der Waals surface area contributed by atoms with Crippen LogP contribution in [0.2, 0.25) is 0 Å². The third kappa shape index (κ3) is 4.54. The Balaban J connectivity index is 1.86. The molecule has 0 aromatic carbocycles. The van der Waals surface area contributed by atoms with E-state index in [4.69, 9.17) is 0 Å². The summed E-state index contributed by atoms with van der Waals surface area (Å²) in [5.74, 6) is 0.246. The van der Waals surface area contributed by atoms with Crippen LogP contribution in [0.4, 0.5) is 0 Å². The second kappa shape index (κ2) is 6.65. The van der Waals surface area contributed by atoms with Crippen molar-refractivity contribution in [2.45, 2.75) is 31.8 Å². The summed E-state index contributed by atoms with van der Waals surface area (Å²) in [5, 5.41) is 10.2. The fourth-order valence-electron chi connectivity index (χ4n) is 2.78.